The van der Waals surface area contributed by atoms with E-state index in [1.165, 1.54) is 14.2 Å². The van der Waals surface area contributed by atoms with Crippen molar-refractivity contribution in [1.82, 2.24) is 14.5 Å². The molecule has 1 aliphatic heterocycles. The number of benzene rings is 2. The van der Waals surface area contributed by atoms with Crippen LogP contribution >= 0.6 is 11.6 Å². The van der Waals surface area contributed by atoms with Crippen LogP contribution in [-0.2, 0) is 26.0 Å². The number of phenolic OH excluding ortho intramolecular Hbond substituents is 1. The van der Waals surface area contributed by atoms with Crippen molar-refractivity contribution in [2.24, 2.45) is 5.92 Å². The van der Waals surface area contributed by atoms with E-state index in [9.17, 15) is 27.9 Å². The lowest BCUT2D eigenvalue weighted by Crippen LogP contribution is -2.42. The van der Waals surface area contributed by atoms with Crippen LogP contribution in [0.25, 0.3) is 0 Å². The predicted octanol–water partition coefficient (Wildman–Crippen LogP) is 0.624. The summed E-state index contributed by atoms with van der Waals surface area (Å²) in [7, 11) is -1.78. The Labute approximate surface area is 213 Å². The zero-order valence-electron chi connectivity index (χ0n) is 19.6. The van der Waals surface area contributed by atoms with Gasteiger partial charge in [-0.15, -0.1) is 0 Å². The van der Waals surface area contributed by atoms with Gasteiger partial charge in [0.2, 0.25) is 11.8 Å². The highest BCUT2D eigenvalue weighted by Gasteiger charge is 2.39. The molecule has 1 unspecified atom stereocenters. The standard InChI is InChI=1S/C23H26ClN3O8S/c1-26(7-8-28)23(32)18-11-17(4-5-19(18)29)36(33,34)27-13-21(30)25-12-15(22(27)31)9-14-10-16(24)3-6-20(14)35-2/h3-6,10-11,15,28-29H,7-9,12-13H2,1-2H3,(H,25,30). The lowest BCUT2D eigenvalue weighted by atomic mass is 9.98. The molecule has 36 heavy (non-hydrogen) atoms. The maximum Gasteiger partial charge on any atom is 0.267 e. The largest absolute Gasteiger partial charge is 0.507 e. The number of methoxy groups -OCH3 is 1. The van der Waals surface area contributed by atoms with Gasteiger partial charge in [0.15, 0.2) is 0 Å². The Bertz CT molecular complexity index is 1280. The summed E-state index contributed by atoms with van der Waals surface area (Å²) in [6, 6.07) is 7.82. The summed E-state index contributed by atoms with van der Waals surface area (Å²) in [5, 5.41) is 22.2. The topological polar surface area (TPSA) is 154 Å². The third-order valence-corrected chi connectivity index (χ3v) is 7.68. The van der Waals surface area contributed by atoms with E-state index in [1.54, 1.807) is 18.2 Å². The normalized spacial score (nSPS) is 16.3. The third kappa shape index (κ3) is 5.72. The predicted molar refractivity (Wildman–Crippen MR) is 129 cm³/mol. The zero-order chi connectivity index (χ0) is 26.6. The number of ether oxygens (including phenoxy) is 1. The minimum absolute atomic E-state index is 0.0418. The highest BCUT2D eigenvalue weighted by Crippen LogP contribution is 2.29. The maximum atomic E-state index is 13.5. The molecule has 0 bridgehead atoms. The molecule has 1 heterocycles. The average Bonchev–Trinajstić information content (AvgIpc) is 2.98. The van der Waals surface area contributed by atoms with Gasteiger partial charge < -0.3 is 25.2 Å². The minimum Gasteiger partial charge on any atom is -0.507 e. The molecular formula is C23H26ClN3O8S. The fourth-order valence-electron chi connectivity index (χ4n) is 3.76. The molecule has 0 radical (unpaired) electrons. The number of halogens is 1. The molecule has 0 spiro atoms. The Kier molecular flexibility index (Phi) is 8.43. The first-order chi connectivity index (χ1) is 17.0. The second kappa shape index (κ2) is 11.1. The average molecular weight is 540 g/mol. The van der Waals surface area contributed by atoms with E-state index in [0.29, 0.717) is 20.6 Å². The van der Waals surface area contributed by atoms with E-state index >= 15 is 0 Å². The number of hydrogen-bond donors (Lipinski definition) is 3. The highest BCUT2D eigenvalue weighted by molar-refractivity contribution is 7.89. The van der Waals surface area contributed by atoms with Crippen LogP contribution in [-0.4, -0.2) is 86.0 Å². The monoisotopic (exact) mass is 539 g/mol. The van der Waals surface area contributed by atoms with E-state index in [0.717, 1.165) is 23.1 Å². The van der Waals surface area contributed by atoms with Gasteiger partial charge in [-0.1, -0.05) is 11.6 Å². The van der Waals surface area contributed by atoms with Crippen molar-refractivity contribution in [2.45, 2.75) is 11.3 Å². The van der Waals surface area contributed by atoms with E-state index in [-0.39, 0.29) is 31.7 Å². The fourth-order valence-corrected chi connectivity index (χ4v) is 5.39. The first-order valence-electron chi connectivity index (χ1n) is 10.8. The maximum absolute atomic E-state index is 13.5. The number of hydrogen-bond acceptors (Lipinski definition) is 8. The molecule has 1 atom stereocenters. The quantitative estimate of drug-likeness (QED) is 0.441. The number of amides is 3. The zero-order valence-corrected chi connectivity index (χ0v) is 21.2. The van der Waals surface area contributed by atoms with Crippen LogP contribution in [0.3, 0.4) is 0 Å². The Morgan fingerprint density at radius 2 is 1.97 bits per heavy atom. The molecule has 13 heteroatoms. The number of carbonyl (C=O) groups excluding carboxylic acids is 3. The van der Waals surface area contributed by atoms with Crippen LogP contribution in [0.15, 0.2) is 41.3 Å². The van der Waals surface area contributed by atoms with Crippen LogP contribution in [0.2, 0.25) is 5.02 Å². The summed E-state index contributed by atoms with van der Waals surface area (Å²) >= 11 is 6.08. The molecule has 3 amide bonds. The van der Waals surface area contributed by atoms with Crippen molar-refractivity contribution in [3.05, 3.63) is 52.5 Å². The SMILES string of the molecule is COc1ccc(Cl)cc1CC1CNC(=O)CN(S(=O)(=O)c2ccc(O)c(C(=O)N(C)CCO)c2)C1=O. The molecule has 0 aliphatic carbocycles. The Morgan fingerprint density at radius 1 is 1.25 bits per heavy atom. The molecule has 11 nitrogen and oxygen atoms in total. The number of likely N-dealkylation sites (N-methyl/N-ethyl adjacent to an activating group) is 1. The number of sulfonamides is 1. The second-order valence-corrected chi connectivity index (χ2v) is 10.4. The van der Waals surface area contributed by atoms with Crippen LogP contribution < -0.4 is 10.1 Å². The molecule has 0 aromatic heterocycles. The number of aromatic hydroxyl groups is 1. The number of rotatable bonds is 8. The van der Waals surface area contributed by atoms with E-state index in [4.69, 9.17) is 21.4 Å². The van der Waals surface area contributed by atoms with Gasteiger partial charge in [0.05, 0.1) is 30.1 Å². The van der Waals surface area contributed by atoms with Crippen molar-refractivity contribution in [2.75, 3.05) is 40.4 Å². The van der Waals surface area contributed by atoms with Crippen LogP contribution in [0.4, 0.5) is 0 Å². The lowest BCUT2D eigenvalue weighted by molar-refractivity contribution is -0.131. The number of aliphatic hydroxyl groups excluding tert-OH is 1. The van der Waals surface area contributed by atoms with Crippen molar-refractivity contribution in [1.29, 1.82) is 0 Å². The summed E-state index contributed by atoms with van der Waals surface area (Å²) in [6.07, 6.45) is 0.0418. The van der Waals surface area contributed by atoms with Crippen molar-refractivity contribution < 1.29 is 37.8 Å². The van der Waals surface area contributed by atoms with Crippen LogP contribution in [0.5, 0.6) is 11.5 Å². The van der Waals surface area contributed by atoms with Crippen molar-refractivity contribution in [3.63, 3.8) is 0 Å². The fraction of sp³-hybridized carbons (Fsp3) is 0.348. The molecule has 2 aromatic carbocycles. The summed E-state index contributed by atoms with van der Waals surface area (Å²) in [4.78, 5) is 39.0. The summed E-state index contributed by atoms with van der Waals surface area (Å²) in [5.74, 6) is -3.21. The Balaban J connectivity index is 1.98. The van der Waals surface area contributed by atoms with Gasteiger partial charge in [-0.3, -0.25) is 14.4 Å². The molecule has 1 saturated heterocycles. The van der Waals surface area contributed by atoms with E-state index in [1.807, 2.05) is 0 Å². The van der Waals surface area contributed by atoms with Gasteiger partial charge >= 0.3 is 0 Å². The van der Waals surface area contributed by atoms with Gasteiger partial charge in [-0.25, -0.2) is 12.7 Å². The van der Waals surface area contributed by atoms with Crippen molar-refractivity contribution >= 4 is 39.3 Å². The number of aliphatic hydroxyl groups is 1. The van der Waals surface area contributed by atoms with Crippen LogP contribution in [0.1, 0.15) is 15.9 Å². The van der Waals surface area contributed by atoms with E-state index < -0.39 is 50.9 Å². The third-order valence-electron chi connectivity index (χ3n) is 5.71. The second-order valence-electron chi connectivity index (χ2n) is 8.14. The van der Waals surface area contributed by atoms with E-state index in [2.05, 4.69) is 5.32 Å². The molecule has 2 aromatic rings. The number of nitrogens with one attached hydrogen (secondary N) is 1. The smallest absolute Gasteiger partial charge is 0.267 e. The molecule has 3 rings (SSSR count). The van der Waals surface area contributed by atoms with Gasteiger partial charge in [0.1, 0.15) is 18.0 Å². The van der Waals surface area contributed by atoms with Gasteiger partial charge in [0, 0.05) is 25.2 Å². The molecule has 1 aliphatic rings. The van der Waals surface area contributed by atoms with Gasteiger partial charge in [-0.05, 0) is 48.4 Å². The van der Waals surface area contributed by atoms with Crippen molar-refractivity contribution in [3.8, 4) is 11.5 Å². The van der Waals surface area contributed by atoms with Crippen LogP contribution in [0, 0.1) is 5.92 Å². The molecular weight excluding hydrogens is 514 g/mol. The lowest BCUT2D eigenvalue weighted by Gasteiger charge is -2.24. The minimum atomic E-state index is -4.59. The number of nitrogens with zero attached hydrogens (tertiary/aromatic N) is 2. The number of carbonyl (C=O) groups is 3. The summed E-state index contributed by atoms with van der Waals surface area (Å²) in [6.45, 7) is -1.24. The Morgan fingerprint density at radius 3 is 2.64 bits per heavy atom. The number of phenols is 1. The molecule has 194 valence electrons. The molecule has 0 saturated carbocycles. The van der Waals surface area contributed by atoms with Gasteiger partial charge in [0.25, 0.3) is 15.9 Å². The highest BCUT2D eigenvalue weighted by atomic mass is 35.5. The summed E-state index contributed by atoms with van der Waals surface area (Å²) < 4.78 is 32.8. The first kappa shape index (κ1) is 27.2. The first-order valence-corrected chi connectivity index (χ1v) is 12.7. The summed E-state index contributed by atoms with van der Waals surface area (Å²) in [5.41, 5.74) is 0.222. The molecule has 1 fully saturated rings. The van der Waals surface area contributed by atoms with Gasteiger partial charge in [-0.2, -0.15) is 0 Å². The molecule has 3 N–H and O–H groups in total. The Hall–Kier alpha value is -3.35.